The number of aryl methyl sites for hydroxylation is 2. The van der Waals surface area contributed by atoms with Crippen molar-refractivity contribution >= 4 is 11.5 Å². The van der Waals surface area contributed by atoms with Gasteiger partial charge in [0.15, 0.2) is 6.20 Å². The SMILES string of the molecule is COc1cnc(C2=CCN(C(=O)Cn3nc(-c4cccc(C)c4)cc3-c3ccccc3)CC2)[n+](C)c1. The Labute approximate surface area is 211 Å². The summed E-state index contributed by atoms with van der Waals surface area (Å²) in [5, 5.41) is 4.85. The zero-order valence-electron chi connectivity index (χ0n) is 20.9. The molecule has 7 heteroatoms. The molecule has 0 N–H and O–H groups in total. The Morgan fingerprint density at radius 2 is 1.89 bits per heavy atom. The Hall–Kier alpha value is -4.26. The number of rotatable bonds is 6. The van der Waals surface area contributed by atoms with Gasteiger partial charge in [0, 0.05) is 24.2 Å². The average Bonchev–Trinajstić information content (AvgIpc) is 3.33. The molecule has 3 heterocycles. The molecule has 0 saturated carbocycles. The van der Waals surface area contributed by atoms with Crippen molar-refractivity contribution in [2.24, 2.45) is 7.05 Å². The van der Waals surface area contributed by atoms with Crippen LogP contribution in [0.15, 0.2) is 79.1 Å². The first-order valence-corrected chi connectivity index (χ1v) is 12.1. The summed E-state index contributed by atoms with van der Waals surface area (Å²) in [6, 6.07) is 20.5. The van der Waals surface area contributed by atoms with Gasteiger partial charge in [0.2, 0.25) is 11.7 Å². The maximum Gasteiger partial charge on any atom is 0.325 e. The number of amides is 1. The van der Waals surface area contributed by atoms with Gasteiger partial charge in [-0.2, -0.15) is 5.10 Å². The van der Waals surface area contributed by atoms with E-state index in [4.69, 9.17) is 9.84 Å². The first-order valence-electron chi connectivity index (χ1n) is 12.1. The van der Waals surface area contributed by atoms with Gasteiger partial charge in [-0.3, -0.25) is 9.48 Å². The maximum absolute atomic E-state index is 13.3. The summed E-state index contributed by atoms with van der Waals surface area (Å²) in [4.78, 5) is 19.8. The molecule has 0 saturated heterocycles. The van der Waals surface area contributed by atoms with Crippen LogP contribution in [-0.4, -0.2) is 45.8 Å². The minimum Gasteiger partial charge on any atom is -0.490 e. The van der Waals surface area contributed by atoms with E-state index in [0.29, 0.717) is 18.8 Å². The van der Waals surface area contributed by atoms with Crippen LogP contribution < -0.4 is 9.30 Å². The highest BCUT2D eigenvalue weighted by Gasteiger charge is 2.25. The van der Waals surface area contributed by atoms with Crippen molar-refractivity contribution in [1.29, 1.82) is 0 Å². The normalized spacial score (nSPS) is 13.4. The molecular formula is C29H30N5O2+. The lowest BCUT2D eigenvalue weighted by Crippen LogP contribution is -2.39. The second-order valence-corrected chi connectivity index (χ2v) is 9.06. The molecule has 0 aliphatic carbocycles. The Kier molecular flexibility index (Phi) is 6.62. The topological polar surface area (TPSA) is 64.1 Å². The van der Waals surface area contributed by atoms with Crippen molar-refractivity contribution in [1.82, 2.24) is 19.7 Å². The van der Waals surface area contributed by atoms with Crippen LogP contribution in [0.3, 0.4) is 0 Å². The fourth-order valence-corrected chi connectivity index (χ4v) is 4.57. The van der Waals surface area contributed by atoms with Crippen molar-refractivity contribution in [3.8, 4) is 28.3 Å². The van der Waals surface area contributed by atoms with Crippen LogP contribution >= 0.6 is 0 Å². The van der Waals surface area contributed by atoms with Gasteiger partial charge in [0.1, 0.15) is 12.7 Å². The molecular weight excluding hydrogens is 450 g/mol. The third-order valence-corrected chi connectivity index (χ3v) is 6.50. The Morgan fingerprint density at radius 3 is 2.58 bits per heavy atom. The number of carbonyl (C=O) groups is 1. The van der Waals surface area contributed by atoms with Crippen molar-refractivity contribution < 1.29 is 14.1 Å². The molecule has 0 unspecified atom stereocenters. The smallest absolute Gasteiger partial charge is 0.325 e. The summed E-state index contributed by atoms with van der Waals surface area (Å²) in [6.45, 7) is 3.45. The predicted molar refractivity (Wildman–Crippen MR) is 139 cm³/mol. The van der Waals surface area contributed by atoms with E-state index >= 15 is 0 Å². The van der Waals surface area contributed by atoms with Gasteiger partial charge in [-0.1, -0.05) is 60.2 Å². The van der Waals surface area contributed by atoms with Crippen LogP contribution in [0.25, 0.3) is 28.1 Å². The van der Waals surface area contributed by atoms with Crippen LogP contribution in [0, 0.1) is 6.92 Å². The summed E-state index contributed by atoms with van der Waals surface area (Å²) in [7, 11) is 3.59. The van der Waals surface area contributed by atoms with Crippen molar-refractivity contribution in [2.45, 2.75) is 19.9 Å². The summed E-state index contributed by atoms with van der Waals surface area (Å²) in [6.07, 6.45) is 6.48. The molecule has 7 nitrogen and oxygen atoms in total. The molecule has 0 fully saturated rings. The van der Waals surface area contributed by atoms with E-state index in [9.17, 15) is 4.79 Å². The molecule has 0 atom stereocenters. The van der Waals surface area contributed by atoms with E-state index < -0.39 is 0 Å². The molecule has 1 aliphatic heterocycles. The second-order valence-electron chi connectivity index (χ2n) is 9.06. The van der Waals surface area contributed by atoms with Gasteiger partial charge in [0.25, 0.3) is 0 Å². The van der Waals surface area contributed by atoms with Crippen molar-refractivity contribution in [3.63, 3.8) is 0 Å². The van der Waals surface area contributed by atoms with Crippen LogP contribution in [0.5, 0.6) is 5.75 Å². The number of aromatic nitrogens is 4. The van der Waals surface area contributed by atoms with E-state index in [1.165, 1.54) is 5.56 Å². The molecule has 182 valence electrons. The van der Waals surface area contributed by atoms with E-state index in [2.05, 4.69) is 54.4 Å². The summed E-state index contributed by atoms with van der Waals surface area (Å²) in [5.41, 5.74) is 6.19. The average molecular weight is 481 g/mol. The highest BCUT2D eigenvalue weighted by atomic mass is 16.5. The minimum absolute atomic E-state index is 0.0495. The van der Waals surface area contributed by atoms with Gasteiger partial charge in [-0.15, -0.1) is 0 Å². The number of benzene rings is 2. The molecule has 2 aromatic heterocycles. The Balaban J connectivity index is 1.37. The number of hydrogen-bond acceptors (Lipinski definition) is 4. The van der Waals surface area contributed by atoms with Crippen molar-refractivity contribution in [2.75, 3.05) is 20.2 Å². The number of hydrogen-bond donors (Lipinski definition) is 0. The van der Waals surface area contributed by atoms with Gasteiger partial charge in [-0.05, 0) is 36.0 Å². The van der Waals surface area contributed by atoms with E-state index in [1.807, 2.05) is 51.7 Å². The fraction of sp³-hybridized carbons (Fsp3) is 0.241. The summed E-state index contributed by atoms with van der Waals surface area (Å²) in [5.74, 6) is 1.66. The Bertz CT molecular complexity index is 1420. The number of carbonyl (C=O) groups excluding carboxylic acids is 1. The standard InChI is InChI=1S/C29H30N5O2/c1-21-8-7-11-24(16-21)26-17-27(22-9-5-4-6-10-22)34(31-26)20-28(35)33-14-12-23(13-15-33)29-30-18-25(36-3)19-32(29)2/h4-12,16-19H,13-15,20H2,1-3H3/q+1. The molecule has 0 radical (unpaired) electrons. The van der Waals surface area contributed by atoms with Crippen LogP contribution in [-0.2, 0) is 18.4 Å². The summed E-state index contributed by atoms with van der Waals surface area (Å²) < 4.78 is 9.05. The van der Waals surface area contributed by atoms with E-state index in [-0.39, 0.29) is 12.5 Å². The molecule has 2 aromatic carbocycles. The minimum atomic E-state index is 0.0495. The number of nitrogens with zero attached hydrogens (tertiary/aromatic N) is 5. The van der Waals surface area contributed by atoms with E-state index in [0.717, 1.165) is 40.3 Å². The fourth-order valence-electron chi connectivity index (χ4n) is 4.57. The summed E-state index contributed by atoms with van der Waals surface area (Å²) >= 11 is 0. The first-order chi connectivity index (χ1) is 17.5. The van der Waals surface area contributed by atoms with Crippen LogP contribution in [0.1, 0.15) is 17.8 Å². The third kappa shape index (κ3) is 4.91. The van der Waals surface area contributed by atoms with Crippen LogP contribution in [0.2, 0.25) is 0 Å². The van der Waals surface area contributed by atoms with Gasteiger partial charge < -0.3 is 9.64 Å². The molecule has 4 aromatic rings. The zero-order valence-corrected chi connectivity index (χ0v) is 20.9. The van der Waals surface area contributed by atoms with Crippen molar-refractivity contribution in [3.05, 3.63) is 90.5 Å². The number of ether oxygens (including phenoxy) is 1. The predicted octanol–water partition coefficient (Wildman–Crippen LogP) is 4.07. The largest absolute Gasteiger partial charge is 0.490 e. The lowest BCUT2D eigenvalue weighted by Gasteiger charge is -2.25. The van der Waals surface area contributed by atoms with Gasteiger partial charge >= 0.3 is 5.82 Å². The molecule has 0 bridgehead atoms. The number of methoxy groups -OCH3 is 1. The van der Waals surface area contributed by atoms with Crippen LogP contribution in [0.4, 0.5) is 0 Å². The Morgan fingerprint density at radius 1 is 1.08 bits per heavy atom. The highest BCUT2D eigenvalue weighted by Crippen LogP contribution is 2.27. The molecule has 1 aliphatic rings. The third-order valence-electron chi connectivity index (χ3n) is 6.50. The molecule has 36 heavy (non-hydrogen) atoms. The monoisotopic (exact) mass is 480 g/mol. The second kappa shape index (κ2) is 10.2. The first kappa shape index (κ1) is 23.5. The lowest BCUT2D eigenvalue weighted by molar-refractivity contribution is -0.677. The lowest BCUT2D eigenvalue weighted by atomic mass is 10.1. The zero-order chi connectivity index (χ0) is 25.1. The van der Waals surface area contributed by atoms with Gasteiger partial charge in [-0.25, -0.2) is 4.57 Å². The van der Waals surface area contributed by atoms with E-state index in [1.54, 1.807) is 13.3 Å². The maximum atomic E-state index is 13.3. The quantitative estimate of drug-likeness (QED) is 0.390. The molecule has 0 spiro atoms. The highest BCUT2D eigenvalue weighted by molar-refractivity contribution is 5.79. The van der Waals surface area contributed by atoms with Gasteiger partial charge in [0.05, 0.1) is 25.5 Å². The molecule has 1 amide bonds. The molecule has 5 rings (SSSR count).